The first-order valence-corrected chi connectivity index (χ1v) is 7.76. The van der Waals surface area contributed by atoms with Gasteiger partial charge in [0.05, 0.1) is 6.61 Å². The lowest BCUT2D eigenvalue weighted by Gasteiger charge is -2.22. The number of benzene rings is 1. The van der Waals surface area contributed by atoms with Gasteiger partial charge in [0.15, 0.2) is 0 Å². The van der Waals surface area contributed by atoms with Gasteiger partial charge in [-0.2, -0.15) is 0 Å². The zero-order valence-corrected chi connectivity index (χ0v) is 12.8. The summed E-state index contributed by atoms with van der Waals surface area (Å²) in [6, 6.07) is 6.13. The number of halogens is 2. The summed E-state index contributed by atoms with van der Waals surface area (Å²) in [6.07, 6.45) is 2.23. The van der Waals surface area contributed by atoms with Crippen LogP contribution in [-0.2, 0) is 10.1 Å². The zero-order valence-electron chi connectivity index (χ0n) is 9.62. The SMILES string of the molecule is BrCc1cc(OCC2CCOCC2)ccc1Br. The number of hydrogen-bond acceptors (Lipinski definition) is 2. The molecule has 0 N–H and O–H groups in total. The molecule has 1 fully saturated rings. The van der Waals surface area contributed by atoms with E-state index in [1.54, 1.807) is 0 Å². The summed E-state index contributed by atoms with van der Waals surface area (Å²) >= 11 is 6.98. The normalized spacial score (nSPS) is 17.1. The van der Waals surface area contributed by atoms with Crippen LogP contribution in [0.5, 0.6) is 5.75 Å². The smallest absolute Gasteiger partial charge is 0.119 e. The Bertz CT molecular complexity index is 362. The van der Waals surface area contributed by atoms with Crippen molar-refractivity contribution in [3.8, 4) is 5.75 Å². The maximum Gasteiger partial charge on any atom is 0.119 e. The van der Waals surface area contributed by atoms with Gasteiger partial charge in [0, 0.05) is 23.0 Å². The zero-order chi connectivity index (χ0) is 12.1. The number of ether oxygens (including phenoxy) is 2. The molecule has 4 heteroatoms. The Hall–Kier alpha value is -0.0600. The number of hydrogen-bond donors (Lipinski definition) is 0. The molecule has 1 heterocycles. The van der Waals surface area contributed by atoms with E-state index < -0.39 is 0 Å². The topological polar surface area (TPSA) is 18.5 Å². The Morgan fingerprint density at radius 1 is 1.29 bits per heavy atom. The third-order valence-corrected chi connectivity index (χ3v) is 4.37. The standard InChI is InChI=1S/C13H16Br2O2/c14-8-11-7-12(1-2-13(11)15)17-9-10-3-5-16-6-4-10/h1-2,7,10H,3-6,8-9H2. The van der Waals surface area contributed by atoms with Crippen molar-refractivity contribution in [1.29, 1.82) is 0 Å². The Balaban J connectivity index is 1.89. The van der Waals surface area contributed by atoms with Crippen molar-refractivity contribution < 1.29 is 9.47 Å². The summed E-state index contributed by atoms with van der Waals surface area (Å²) in [5, 5.41) is 0.835. The van der Waals surface area contributed by atoms with Crippen molar-refractivity contribution in [3.63, 3.8) is 0 Å². The summed E-state index contributed by atoms with van der Waals surface area (Å²) in [7, 11) is 0. The van der Waals surface area contributed by atoms with Gasteiger partial charge in [-0.05, 0) is 42.5 Å². The first-order valence-electron chi connectivity index (χ1n) is 5.84. The van der Waals surface area contributed by atoms with Gasteiger partial charge in [-0.15, -0.1) is 0 Å². The molecule has 17 heavy (non-hydrogen) atoms. The second-order valence-electron chi connectivity index (χ2n) is 4.25. The molecule has 0 unspecified atom stereocenters. The highest BCUT2D eigenvalue weighted by atomic mass is 79.9. The average Bonchev–Trinajstić information content (AvgIpc) is 2.39. The largest absolute Gasteiger partial charge is 0.493 e. The van der Waals surface area contributed by atoms with Gasteiger partial charge in [-0.3, -0.25) is 0 Å². The molecule has 1 aromatic rings. The van der Waals surface area contributed by atoms with E-state index in [1.807, 2.05) is 12.1 Å². The van der Waals surface area contributed by atoms with E-state index in [9.17, 15) is 0 Å². The Morgan fingerprint density at radius 2 is 2.06 bits per heavy atom. The quantitative estimate of drug-likeness (QED) is 0.748. The van der Waals surface area contributed by atoms with Crippen molar-refractivity contribution in [2.75, 3.05) is 19.8 Å². The summed E-state index contributed by atoms with van der Waals surface area (Å²) in [5.41, 5.74) is 1.22. The predicted molar refractivity (Wildman–Crippen MR) is 75.8 cm³/mol. The molecule has 0 bridgehead atoms. The minimum Gasteiger partial charge on any atom is -0.493 e. The van der Waals surface area contributed by atoms with Crippen LogP contribution in [0.2, 0.25) is 0 Å². The fourth-order valence-electron chi connectivity index (χ4n) is 1.87. The second-order valence-corrected chi connectivity index (χ2v) is 5.67. The van der Waals surface area contributed by atoms with Gasteiger partial charge in [0.2, 0.25) is 0 Å². The predicted octanol–water partition coefficient (Wildman–Crippen LogP) is 4.15. The number of alkyl halides is 1. The van der Waals surface area contributed by atoms with E-state index in [1.165, 1.54) is 5.56 Å². The highest BCUT2D eigenvalue weighted by molar-refractivity contribution is 9.10. The monoisotopic (exact) mass is 362 g/mol. The van der Waals surface area contributed by atoms with Crippen molar-refractivity contribution >= 4 is 31.9 Å². The highest BCUT2D eigenvalue weighted by Crippen LogP contribution is 2.25. The molecule has 0 spiro atoms. The molecule has 0 amide bonds. The lowest BCUT2D eigenvalue weighted by Crippen LogP contribution is -2.21. The molecule has 1 aliphatic rings. The molecule has 0 aromatic heterocycles. The van der Waals surface area contributed by atoms with Crippen molar-refractivity contribution in [3.05, 3.63) is 28.2 Å². The molecule has 2 rings (SSSR count). The highest BCUT2D eigenvalue weighted by Gasteiger charge is 2.14. The fourth-order valence-corrected chi connectivity index (χ4v) is 3.10. The molecule has 1 aromatic carbocycles. The molecule has 94 valence electrons. The van der Waals surface area contributed by atoms with Crippen LogP contribution in [0.4, 0.5) is 0 Å². The van der Waals surface area contributed by atoms with Crippen LogP contribution < -0.4 is 4.74 Å². The average molecular weight is 364 g/mol. The molecular formula is C13H16Br2O2. The molecule has 0 saturated carbocycles. The first-order chi connectivity index (χ1) is 8.29. The maximum atomic E-state index is 5.85. The molecule has 0 radical (unpaired) electrons. The fraction of sp³-hybridized carbons (Fsp3) is 0.538. The summed E-state index contributed by atoms with van der Waals surface area (Å²) < 4.78 is 12.3. The third kappa shape index (κ3) is 3.97. The Labute approximate surface area is 119 Å². The van der Waals surface area contributed by atoms with Crippen LogP contribution in [0.15, 0.2) is 22.7 Å². The van der Waals surface area contributed by atoms with Gasteiger partial charge in [0.1, 0.15) is 5.75 Å². The van der Waals surface area contributed by atoms with Crippen LogP contribution in [0.1, 0.15) is 18.4 Å². The van der Waals surface area contributed by atoms with Gasteiger partial charge in [0.25, 0.3) is 0 Å². The Morgan fingerprint density at radius 3 is 2.76 bits per heavy atom. The summed E-state index contributed by atoms with van der Waals surface area (Å²) in [6.45, 7) is 2.55. The lowest BCUT2D eigenvalue weighted by atomic mass is 10.0. The van der Waals surface area contributed by atoms with E-state index >= 15 is 0 Å². The molecule has 2 nitrogen and oxygen atoms in total. The van der Waals surface area contributed by atoms with Gasteiger partial charge >= 0.3 is 0 Å². The minimum absolute atomic E-state index is 0.639. The molecule has 1 aliphatic heterocycles. The van der Waals surface area contributed by atoms with E-state index in [-0.39, 0.29) is 0 Å². The van der Waals surface area contributed by atoms with Crippen molar-refractivity contribution in [2.24, 2.45) is 5.92 Å². The van der Waals surface area contributed by atoms with E-state index in [4.69, 9.17) is 9.47 Å². The van der Waals surface area contributed by atoms with Crippen LogP contribution in [-0.4, -0.2) is 19.8 Å². The van der Waals surface area contributed by atoms with Gasteiger partial charge < -0.3 is 9.47 Å². The molecule has 1 saturated heterocycles. The van der Waals surface area contributed by atoms with Crippen LogP contribution in [0.25, 0.3) is 0 Å². The van der Waals surface area contributed by atoms with Gasteiger partial charge in [-0.25, -0.2) is 0 Å². The maximum absolute atomic E-state index is 5.85. The van der Waals surface area contributed by atoms with Crippen LogP contribution >= 0.6 is 31.9 Å². The second kappa shape index (κ2) is 6.76. The van der Waals surface area contributed by atoms with Crippen LogP contribution in [0.3, 0.4) is 0 Å². The first kappa shape index (κ1) is 13.4. The van der Waals surface area contributed by atoms with Crippen molar-refractivity contribution in [2.45, 2.75) is 18.2 Å². The lowest BCUT2D eigenvalue weighted by molar-refractivity contribution is 0.0497. The molecule has 0 aliphatic carbocycles. The third-order valence-electron chi connectivity index (χ3n) is 2.99. The van der Waals surface area contributed by atoms with E-state index in [0.717, 1.165) is 48.2 Å². The summed E-state index contributed by atoms with van der Waals surface area (Å²) in [4.78, 5) is 0. The molecular weight excluding hydrogens is 348 g/mol. The summed E-state index contributed by atoms with van der Waals surface area (Å²) in [5.74, 6) is 1.59. The van der Waals surface area contributed by atoms with E-state index in [0.29, 0.717) is 5.92 Å². The van der Waals surface area contributed by atoms with Crippen molar-refractivity contribution in [1.82, 2.24) is 0 Å². The number of rotatable bonds is 4. The minimum atomic E-state index is 0.639. The van der Waals surface area contributed by atoms with Crippen LogP contribution in [0, 0.1) is 5.92 Å². The van der Waals surface area contributed by atoms with Gasteiger partial charge in [-0.1, -0.05) is 31.9 Å². The Kier molecular flexibility index (Phi) is 5.32. The van der Waals surface area contributed by atoms with E-state index in [2.05, 4.69) is 37.9 Å². The molecule has 0 atom stereocenters.